The van der Waals surface area contributed by atoms with E-state index in [1.165, 1.54) is 0 Å². The second-order valence-corrected chi connectivity index (χ2v) is 9.38. The predicted molar refractivity (Wildman–Crippen MR) is 140 cm³/mol. The number of carbonyl (C=O) groups is 2. The summed E-state index contributed by atoms with van der Waals surface area (Å²) in [5, 5.41) is 19.3. The molecule has 0 saturated carbocycles. The van der Waals surface area contributed by atoms with E-state index < -0.39 is 17.6 Å². The molecule has 1 unspecified atom stereocenters. The molecule has 1 saturated heterocycles. The Hall–Kier alpha value is -4.99. The van der Waals surface area contributed by atoms with Crippen molar-refractivity contribution in [1.29, 1.82) is 5.26 Å². The van der Waals surface area contributed by atoms with E-state index in [0.29, 0.717) is 46.9 Å². The van der Waals surface area contributed by atoms with Gasteiger partial charge in [-0.15, -0.1) is 0 Å². The van der Waals surface area contributed by atoms with Crippen LogP contribution < -0.4 is 11.1 Å². The maximum Gasteiger partial charge on any atom is 0.416 e. The van der Waals surface area contributed by atoms with Crippen LogP contribution in [-0.4, -0.2) is 50.0 Å². The number of nitrogens with one attached hydrogen (secondary N) is 2. The number of fused-ring (bicyclic) bond motifs is 1. The molecule has 0 radical (unpaired) electrons. The number of carbonyl (C=O) groups excluding carboxylic acids is 2. The molecule has 0 spiro atoms. The van der Waals surface area contributed by atoms with Crippen LogP contribution >= 0.6 is 0 Å². The number of nitrogen functional groups attached to an aromatic ring is 1. The predicted octanol–water partition coefficient (Wildman–Crippen LogP) is 4.49. The Morgan fingerprint density at radius 1 is 1.12 bits per heavy atom. The first kappa shape index (κ1) is 26.6. The van der Waals surface area contributed by atoms with E-state index in [9.17, 15) is 22.8 Å². The van der Waals surface area contributed by atoms with Crippen LogP contribution in [0.5, 0.6) is 0 Å². The van der Waals surface area contributed by atoms with Crippen molar-refractivity contribution < 1.29 is 22.8 Å². The summed E-state index contributed by atoms with van der Waals surface area (Å²) in [6, 6.07) is 12.6. The SMILES string of the molecule is N#CCC(=O)N1CCCC(c2nc(N)c3c(-c4ccc(NC(=O)c5ccc(C(F)(F)F)cc5)cc4)[nH]nc3n2)C1. The number of aromatic nitrogens is 4. The number of H-pyrrole nitrogens is 1. The molecule has 4 N–H and O–H groups in total. The molecule has 13 heteroatoms. The number of nitrogens with zero attached hydrogens (tertiary/aromatic N) is 5. The van der Waals surface area contributed by atoms with Crippen molar-refractivity contribution >= 4 is 34.4 Å². The molecule has 4 aromatic rings. The fraction of sp³-hybridized carbons (Fsp3) is 0.259. The smallest absolute Gasteiger partial charge is 0.383 e. The molecule has 10 nitrogen and oxygen atoms in total. The topological polar surface area (TPSA) is 154 Å². The second kappa shape index (κ2) is 10.6. The highest BCUT2D eigenvalue weighted by atomic mass is 19.4. The van der Waals surface area contributed by atoms with Crippen molar-refractivity contribution in [1.82, 2.24) is 25.1 Å². The van der Waals surface area contributed by atoms with Gasteiger partial charge in [0.2, 0.25) is 5.91 Å². The molecule has 1 aliphatic heterocycles. The standard InChI is InChI=1S/C27H23F3N8O2/c28-27(29,30)18-7-3-16(4-8-18)26(40)33-19-9-5-15(6-10-19)22-21-23(32)34-24(35-25(21)37-36-22)17-2-1-13-38(14-17)20(39)11-12-31/h3-10,17H,1-2,11,13-14H2,(H,33,40)(H3,32,34,35,36,37). The van der Waals surface area contributed by atoms with Crippen LogP contribution in [0.15, 0.2) is 48.5 Å². The number of hydrogen-bond acceptors (Lipinski definition) is 7. The number of likely N-dealkylation sites (tertiary alicyclic amines) is 1. The minimum atomic E-state index is -4.48. The largest absolute Gasteiger partial charge is 0.416 e. The molecule has 2 amide bonds. The maximum atomic E-state index is 12.8. The van der Waals surface area contributed by atoms with E-state index in [4.69, 9.17) is 11.0 Å². The molecular formula is C27H23F3N8O2. The number of aromatic amines is 1. The summed E-state index contributed by atoms with van der Waals surface area (Å²) in [6.07, 6.45) is -3.11. The Balaban J connectivity index is 1.32. The van der Waals surface area contributed by atoms with Gasteiger partial charge in [-0.3, -0.25) is 14.7 Å². The van der Waals surface area contributed by atoms with Gasteiger partial charge >= 0.3 is 6.18 Å². The Morgan fingerprint density at radius 2 is 1.85 bits per heavy atom. The van der Waals surface area contributed by atoms with Crippen LogP contribution in [0.2, 0.25) is 0 Å². The summed E-state index contributed by atoms with van der Waals surface area (Å²) < 4.78 is 38.3. The fourth-order valence-corrected chi connectivity index (χ4v) is 4.69. The summed E-state index contributed by atoms with van der Waals surface area (Å²) in [5.41, 5.74) is 7.67. The highest BCUT2D eigenvalue weighted by molar-refractivity contribution is 6.04. The molecule has 1 aliphatic rings. The van der Waals surface area contributed by atoms with Gasteiger partial charge < -0.3 is 16.0 Å². The monoisotopic (exact) mass is 548 g/mol. The molecule has 0 aliphatic carbocycles. The van der Waals surface area contributed by atoms with Gasteiger partial charge in [0.05, 0.1) is 22.7 Å². The van der Waals surface area contributed by atoms with Crippen LogP contribution in [-0.2, 0) is 11.0 Å². The van der Waals surface area contributed by atoms with Gasteiger partial charge in [0.1, 0.15) is 18.1 Å². The van der Waals surface area contributed by atoms with Crippen LogP contribution in [0.4, 0.5) is 24.7 Å². The van der Waals surface area contributed by atoms with Crippen molar-refractivity contribution in [2.24, 2.45) is 0 Å². The number of hydrogen-bond donors (Lipinski definition) is 3. The lowest BCUT2D eigenvalue weighted by Crippen LogP contribution is -2.39. The quantitative estimate of drug-likeness (QED) is 0.332. The third-order valence-corrected chi connectivity index (χ3v) is 6.73. The molecule has 204 valence electrons. The lowest BCUT2D eigenvalue weighted by molar-refractivity contribution is -0.137. The van der Waals surface area contributed by atoms with Crippen LogP contribution in [0.1, 0.15) is 46.9 Å². The van der Waals surface area contributed by atoms with Crippen molar-refractivity contribution in [3.63, 3.8) is 0 Å². The number of piperidine rings is 1. The molecule has 1 atom stereocenters. The van der Waals surface area contributed by atoms with E-state index in [2.05, 4.69) is 25.5 Å². The minimum absolute atomic E-state index is 0.0906. The highest BCUT2D eigenvalue weighted by Gasteiger charge is 2.30. The zero-order valence-electron chi connectivity index (χ0n) is 21.0. The first-order valence-electron chi connectivity index (χ1n) is 12.4. The summed E-state index contributed by atoms with van der Waals surface area (Å²) in [5.74, 6) is -0.185. The number of nitriles is 1. The zero-order chi connectivity index (χ0) is 28.4. The lowest BCUT2D eigenvalue weighted by atomic mass is 9.96. The Kier molecular flexibility index (Phi) is 7.08. The average Bonchev–Trinajstić information content (AvgIpc) is 3.38. The summed E-state index contributed by atoms with van der Waals surface area (Å²) in [4.78, 5) is 35.4. The van der Waals surface area contributed by atoms with E-state index in [0.717, 1.165) is 37.1 Å². The number of anilines is 2. The van der Waals surface area contributed by atoms with Crippen LogP contribution in [0, 0.1) is 11.3 Å². The van der Waals surface area contributed by atoms with Gasteiger partial charge in [-0.2, -0.15) is 23.5 Å². The van der Waals surface area contributed by atoms with Crippen LogP contribution in [0.25, 0.3) is 22.3 Å². The number of alkyl halides is 3. The van der Waals surface area contributed by atoms with E-state index >= 15 is 0 Å². The molecule has 40 heavy (non-hydrogen) atoms. The number of halogens is 3. The van der Waals surface area contributed by atoms with Gasteiger partial charge in [-0.05, 0) is 49.2 Å². The van der Waals surface area contributed by atoms with Crippen LogP contribution in [0.3, 0.4) is 0 Å². The third kappa shape index (κ3) is 5.42. The van der Waals surface area contributed by atoms with Gasteiger partial charge in [0.15, 0.2) is 5.65 Å². The lowest BCUT2D eigenvalue weighted by Gasteiger charge is -2.31. The number of benzene rings is 2. The molecule has 2 aromatic heterocycles. The zero-order valence-corrected chi connectivity index (χ0v) is 21.0. The number of rotatable bonds is 5. The van der Waals surface area contributed by atoms with Crippen molar-refractivity contribution in [3.05, 3.63) is 65.5 Å². The first-order chi connectivity index (χ1) is 19.1. The van der Waals surface area contributed by atoms with Gasteiger partial charge in [0.25, 0.3) is 5.91 Å². The number of amides is 2. The van der Waals surface area contributed by atoms with Crippen molar-refractivity contribution in [2.45, 2.75) is 31.4 Å². The van der Waals surface area contributed by atoms with E-state index in [1.807, 2.05) is 6.07 Å². The highest BCUT2D eigenvalue weighted by Crippen LogP contribution is 2.33. The molecule has 2 aromatic carbocycles. The number of nitrogens with two attached hydrogens (primary N) is 1. The summed E-state index contributed by atoms with van der Waals surface area (Å²) in [6.45, 7) is 0.991. The van der Waals surface area contributed by atoms with E-state index in [-0.39, 0.29) is 29.6 Å². The van der Waals surface area contributed by atoms with Gasteiger partial charge in [-0.1, -0.05) is 12.1 Å². The minimum Gasteiger partial charge on any atom is -0.383 e. The third-order valence-electron chi connectivity index (χ3n) is 6.73. The molecule has 1 fully saturated rings. The van der Waals surface area contributed by atoms with Gasteiger partial charge in [0, 0.05) is 35.8 Å². The summed E-state index contributed by atoms with van der Waals surface area (Å²) in [7, 11) is 0. The molecule has 3 heterocycles. The second-order valence-electron chi connectivity index (χ2n) is 9.38. The Bertz CT molecular complexity index is 1610. The van der Waals surface area contributed by atoms with E-state index in [1.54, 1.807) is 29.2 Å². The molecule has 5 rings (SSSR count). The Morgan fingerprint density at radius 3 is 2.52 bits per heavy atom. The van der Waals surface area contributed by atoms with Gasteiger partial charge in [-0.25, -0.2) is 9.97 Å². The first-order valence-corrected chi connectivity index (χ1v) is 12.4. The fourth-order valence-electron chi connectivity index (χ4n) is 4.69. The Labute approximate surface area is 226 Å². The van der Waals surface area contributed by atoms with Crippen molar-refractivity contribution in [2.75, 3.05) is 24.1 Å². The summed E-state index contributed by atoms with van der Waals surface area (Å²) >= 11 is 0. The molecular weight excluding hydrogens is 525 g/mol. The normalized spacial score (nSPS) is 15.6. The molecule has 0 bridgehead atoms. The van der Waals surface area contributed by atoms with Crippen molar-refractivity contribution in [3.8, 4) is 17.3 Å². The average molecular weight is 549 g/mol. The maximum absolute atomic E-state index is 12.8.